The van der Waals surface area contributed by atoms with Crippen molar-refractivity contribution in [3.05, 3.63) is 27.8 Å². The fourth-order valence-corrected chi connectivity index (χ4v) is 1.89. The number of hydrogen-bond donors (Lipinski definition) is 2. The number of hydrogen-bond acceptors (Lipinski definition) is 4. The molecule has 0 aliphatic carbocycles. The highest BCUT2D eigenvalue weighted by Gasteiger charge is 2.11. The summed E-state index contributed by atoms with van der Waals surface area (Å²) in [5.41, 5.74) is 0.955. The van der Waals surface area contributed by atoms with Gasteiger partial charge in [-0.3, -0.25) is 4.79 Å². The Morgan fingerprint density at radius 1 is 1.53 bits per heavy atom. The molecule has 0 amide bonds. The molecule has 1 aromatic carbocycles. The number of para-hydroxylation sites is 1. The van der Waals surface area contributed by atoms with E-state index in [1.54, 1.807) is 6.92 Å². The van der Waals surface area contributed by atoms with Crippen molar-refractivity contribution < 1.29 is 14.6 Å². The Balaban J connectivity index is 2.35. The lowest BCUT2D eigenvalue weighted by molar-refractivity contribution is -0.145. The quantitative estimate of drug-likeness (QED) is 0.610. The van der Waals surface area contributed by atoms with Crippen LogP contribution in [0, 0.1) is 3.57 Å². The normalized spacial score (nSPS) is 11.9. The third kappa shape index (κ3) is 5.36. The molecule has 4 nitrogen and oxygen atoms in total. The van der Waals surface area contributed by atoms with Crippen molar-refractivity contribution in [3.8, 4) is 0 Å². The average Bonchev–Trinajstić information content (AvgIpc) is 2.28. The van der Waals surface area contributed by atoms with Gasteiger partial charge < -0.3 is 15.2 Å². The predicted octanol–water partition coefficient (Wildman–Crippen LogP) is 2.02. The molecule has 1 atom stereocenters. The first-order valence-corrected chi connectivity index (χ1v) is 6.53. The van der Waals surface area contributed by atoms with Crippen LogP contribution < -0.4 is 5.32 Å². The van der Waals surface area contributed by atoms with Crippen molar-refractivity contribution >= 4 is 34.2 Å². The van der Waals surface area contributed by atoms with Crippen molar-refractivity contribution in [2.24, 2.45) is 0 Å². The average molecular weight is 349 g/mol. The van der Waals surface area contributed by atoms with E-state index >= 15 is 0 Å². The minimum atomic E-state index is -0.731. The summed E-state index contributed by atoms with van der Waals surface area (Å²) in [5, 5.41) is 12.7. The summed E-state index contributed by atoms with van der Waals surface area (Å²) in [6.07, 6.45) is -0.713. The number of halogens is 1. The number of ether oxygens (including phenoxy) is 1. The number of rotatable bonds is 6. The largest absolute Gasteiger partial charge is 0.466 e. The molecule has 0 radical (unpaired) electrons. The zero-order chi connectivity index (χ0) is 12.7. The van der Waals surface area contributed by atoms with Crippen LogP contribution in [0.2, 0.25) is 0 Å². The molecule has 0 bridgehead atoms. The second kappa shape index (κ2) is 7.50. The summed E-state index contributed by atoms with van der Waals surface area (Å²) >= 11 is 2.21. The third-order valence-electron chi connectivity index (χ3n) is 2.11. The maximum atomic E-state index is 11.1. The first kappa shape index (κ1) is 14.2. The molecular formula is C12H16INO3. The van der Waals surface area contributed by atoms with Crippen LogP contribution in [0.1, 0.15) is 13.3 Å². The van der Waals surface area contributed by atoms with Gasteiger partial charge in [0.2, 0.25) is 0 Å². The molecule has 0 saturated carbocycles. The number of benzene rings is 1. The Morgan fingerprint density at radius 2 is 2.24 bits per heavy atom. The van der Waals surface area contributed by atoms with E-state index in [9.17, 15) is 9.90 Å². The van der Waals surface area contributed by atoms with Gasteiger partial charge in [-0.2, -0.15) is 0 Å². The highest BCUT2D eigenvalue weighted by atomic mass is 127. The van der Waals surface area contributed by atoms with Crippen LogP contribution >= 0.6 is 22.6 Å². The summed E-state index contributed by atoms with van der Waals surface area (Å²) in [6, 6.07) is 7.77. The molecule has 17 heavy (non-hydrogen) atoms. The fraction of sp³-hybridized carbons (Fsp3) is 0.417. The fourth-order valence-electron chi connectivity index (χ4n) is 1.32. The van der Waals surface area contributed by atoms with E-state index in [2.05, 4.69) is 27.9 Å². The lowest BCUT2D eigenvalue weighted by Crippen LogP contribution is -2.24. The van der Waals surface area contributed by atoms with Crippen molar-refractivity contribution in [2.75, 3.05) is 18.5 Å². The lowest BCUT2D eigenvalue weighted by Gasteiger charge is -2.13. The van der Waals surface area contributed by atoms with E-state index in [0.29, 0.717) is 13.2 Å². The molecule has 0 aliphatic heterocycles. The van der Waals surface area contributed by atoms with Crippen molar-refractivity contribution in [2.45, 2.75) is 19.4 Å². The van der Waals surface area contributed by atoms with Crippen molar-refractivity contribution in [3.63, 3.8) is 0 Å². The van der Waals surface area contributed by atoms with Crippen LogP contribution in [-0.4, -0.2) is 30.3 Å². The summed E-state index contributed by atoms with van der Waals surface area (Å²) < 4.78 is 5.84. The molecule has 0 spiro atoms. The van der Waals surface area contributed by atoms with Crippen LogP contribution in [0.25, 0.3) is 0 Å². The van der Waals surface area contributed by atoms with Gasteiger partial charge in [-0.25, -0.2) is 0 Å². The summed E-state index contributed by atoms with van der Waals surface area (Å²) in [7, 11) is 0. The lowest BCUT2D eigenvalue weighted by atomic mass is 10.2. The minimum absolute atomic E-state index is 0.0181. The minimum Gasteiger partial charge on any atom is -0.466 e. The molecule has 94 valence electrons. The van der Waals surface area contributed by atoms with E-state index in [4.69, 9.17) is 4.74 Å². The standard InChI is InChI=1S/C12H16INO3/c1-2-17-12(16)7-9(15)8-14-11-6-4-3-5-10(11)13/h3-6,9,14-15H,2,7-8H2,1H3. The maximum Gasteiger partial charge on any atom is 0.308 e. The molecule has 1 unspecified atom stereocenters. The Morgan fingerprint density at radius 3 is 2.88 bits per heavy atom. The maximum absolute atomic E-state index is 11.1. The van der Waals surface area contributed by atoms with Crippen LogP contribution in [0.4, 0.5) is 5.69 Å². The van der Waals surface area contributed by atoms with Gasteiger partial charge >= 0.3 is 5.97 Å². The molecular weight excluding hydrogens is 333 g/mol. The predicted molar refractivity (Wildman–Crippen MR) is 74.9 cm³/mol. The first-order valence-electron chi connectivity index (χ1n) is 5.45. The van der Waals surface area contributed by atoms with E-state index in [0.717, 1.165) is 9.26 Å². The van der Waals surface area contributed by atoms with Gasteiger partial charge in [0.25, 0.3) is 0 Å². The highest BCUT2D eigenvalue weighted by molar-refractivity contribution is 14.1. The van der Waals surface area contributed by atoms with Gasteiger partial charge in [0.1, 0.15) is 0 Å². The number of carbonyl (C=O) groups excluding carboxylic acids is 1. The van der Waals surface area contributed by atoms with Crippen molar-refractivity contribution in [1.82, 2.24) is 0 Å². The molecule has 0 aliphatic rings. The van der Waals surface area contributed by atoms with Crippen LogP contribution in [-0.2, 0) is 9.53 Å². The summed E-state index contributed by atoms with van der Waals surface area (Å²) in [6.45, 7) is 2.42. The molecule has 1 rings (SSSR count). The number of carbonyl (C=O) groups is 1. The molecule has 5 heteroatoms. The van der Waals surface area contributed by atoms with E-state index in [1.807, 2.05) is 24.3 Å². The number of esters is 1. The summed E-state index contributed by atoms with van der Waals surface area (Å²) in [5.74, 6) is -0.371. The highest BCUT2D eigenvalue weighted by Crippen LogP contribution is 2.16. The van der Waals surface area contributed by atoms with Crippen LogP contribution in [0.3, 0.4) is 0 Å². The van der Waals surface area contributed by atoms with Gasteiger partial charge in [-0.1, -0.05) is 12.1 Å². The topological polar surface area (TPSA) is 58.6 Å². The van der Waals surface area contributed by atoms with E-state index in [-0.39, 0.29) is 12.4 Å². The molecule has 0 saturated heterocycles. The molecule has 0 fully saturated rings. The van der Waals surface area contributed by atoms with Crippen molar-refractivity contribution in [1.29, 1.82) is 0 Å². The number of aliphatic hydroxyl groups excluding tert-OH is 1. The zero-order valence-corrected chi connectivity index (χ0v) is 11.8. The second-order valence-corrected chi connectivity index (χ2v) is 4.69. The van der Waals surface area contributed by atoms with Gasteiger partial charge in [0, 0.05) is 15.8 Å². The second-order valence-electron chi connectivity index (χ2n) is 3.52. The van der Waals surface area contributed by atoms with Gasteiger partial charge in [0.15, 0.2) is 0 Å². The smallest absolute Gasteiger partial charge is 0.308 e. The molecule has 0 heterocycles. The SMILES string of the molecule is CCOC(=O)CC(O)CNc1ccccc1I. The molecule has 2 N–H and O–H groups in total. The molecule has 0 aromatic heterocycles. The zero-order valence-electron chi connectivity index (χ0n) is 9.65. The van der Waals surface area contributed by atoms with Crippen LogP contribution in [0.5, 0.6) is 0 Å². The van der Waals surface area contributed by atoms with Gasteiger partial charge in [0.05, 0.1) is 19.1 Å². The Hall–Kier alpha value is -0.820. The van der Waals surface area contributed by atoms with Gasteiger partial charge in [-0.15, -0.1) is 0 Å². The number of nitrogens with one attached hydrogen (secondary N) is 1. The van der Waals surface area contributed by atoms with E-state index < -0.39 is 6.10 Å². The number of aliphatic hydroxyl groups is 1. The summed E-state index contributed by atoms with van der Waals surface area (Å²) in [4.78, 5) is 11.1. The Labute approximate surface area is 115 Å². The molecule has 1 aromatic rings. The first-order chi connectivity index (χ1) is 8.13. The van der Waals surface area contributed by atoms with Crippen LogP contribution in [0.15, 0.2) is 24.3 Å². The third-order valence-corrected chi connectivity index (χ3v) is 3.05. The van der Waals surface area contributed by atoms with E-state index in [1.165, 1.54) is 0 Å². The number of anilines is 1. The van der Waals surface area contributed by atoms with Gasteiger partial charge in [-0.05, 0) is 41.6 Å². The Kier molecular flexibility index (Phi) is 6.28. The Bertz CT molecular complexity index is 371. The monoisotopic (exact) mass is 349 g/mol.